The second kappa shape index (κ2) is 9.08. The molecular formula is C22H20Cl2N2O3S. The maximum absolute atomic E-state index is 13.4. The molecule has 30 heavy (non-hydrogen) atoms. The lowest BCUT2D eigenvalue weighted by Gasteiger charge is -2.26. The van der Waals surface area contributed by atoms with Gasteiger partial charge in [-0.25, -0.2) is 8.42 Å². The highest BCUT2D eigenvalue weighted by Gasteiger charge is 2.28. The zero-order chi connectivity index (χ0) is 21.9. The Morgan fingerprint density at radius 2 is 1.63 bits per heavy atom. The van der Waals surface area contributed by atoms with Gasteiger partial charge in [0, 0.05) is 5.02 Å². The summed E-state index contributed by atoms with van der Waals surface area (Å²) in [5, 5.41) is 3.39. The van der Waals surface area contributed by atoms with Crippen LogP contribution in [0.2, 0.25) is 10.0 Å². The van der Waals surface area contributed by atoms with Crippen molar-refractivity contribution in [1.29, 1.82) is 0 Å². The minimum absolute atomic E-state index is 0.0815. The van der Waals surface area contributed by atoms with Crippen LogP contribution < -0.4 is 9.62 Å². The molecule has 0 atom stereocenters. The number of nitrogens with zero attached hydrogens (tertiary/aromatic N) is 1. The first kappa shape index (κ1) is 22.2. The van der Waals surface area contributed by atoms with Crippen molar-refractivity contribution in [3.05, 3.63) is 87.9 Å². The van der Waals surface area contributed by atoms with Gasteiger partial charge in [-0.2, -0.15) is 0 Å². The van der Waals surface area contributed by atoms with Gasteiger partial charge in [-0.05, 0) is 55.8 Å². The topological polar surface area (TPSA) is 66.5 Å². The summed E-state index contributed by atoms with van der Waals surface area (Å²) in [5.41, 5.74) is 2.33. The van der Waals surface area contributed by atoms with Crippen molar-refractivity contribution < 1.29 is 13.2 Å². The van der Waals surface area contributed by atoms with E-state index >= 15 is 0 Å². The van der Waals surface area contributed by atoms with E-state index < -0.39 is 22.5 Å². The number of para-hydroxylation sites is 1. The molecule has 0 bridgehead atoms. The van der Waals surface area contributed by atoms with Crippen molar-refractivity contribution in [2.45, 2.75) is 18.7 Å². The van der Waals surface area contributed by atoms with E-state index in [1.807, 2.05) is 6.92 Å². The standard InChI is InChI=1S/C22H20Cl2N2O3S/c1-15-7-11-18(12-8-15)30(28,29)26(21-13-17(23)10-9-16(21)2)14-22(27)25-20-6-4-3-5-19(20)24/h3-13H,14H2,1-2H3,(H,25,27). The van der Waals surface area contributed by atoms with Crippen LogP contribution in [-0.4, -0.2) is 20.9 Å². The molecule has 0 fully saturated rings. The Balaban J connectivity index is 2.01. The first-order valence-electron chi connectivity index (χ1n) is 9.08. The molecule has 0 saturated heterocycles. The number of benzene rings is 3. The summed E-state index contributed by atoms with van der Waals surface area (Å²) in [5.74, 6) is -0.529. The van der Waals surface area contributed by atoms with Gasteiger partial charge >= 0.3 is 0 Å². The van der Waals surface area contributed by atoms with Crippen LogP contribution in [0.3, 0.4) is 0 Å². The lowest BCUT2D eigenvalue weighted by molar-refractivity contribution is -0.114. The van der Waals surface area contributed by atoms with Gasteiger partial charge in [0.05, 0.1) is 21.3 Å². The molecule has 1 N–H and O–H groups in total. The molecule has 0 heterocycles. The smallest absolute Gasteiger partial charge is 0.264 e. The van der Waals surface area contributed by atoms with E-state index in [1.165, 1.54) is 18.2 Å². The van der Waals surface area contributed by atoms with Crippen molar-refractivity contribution >= 4 is 50.5 Å². The van der Waals surface area contributed by atoms with E-state index in [0.717, 1.165) is 9.87 Å². The largest absolute Gasteiger partial charge is 0.323 e. The molecule has 3 aromatic rings. The summed E-state index contributed by atoms with van der Waals surface area (Å²) in [4.78, 5) is 12.8. The van der Waals surface area contributed by atoms with Crippen LogP contribution >= 0.6 is 23.2 Å². The van der Waals surface area contributed by atoms with Gasteiger partial charge in [-0.1, -0.05) is 59.1 Å². The zero-order valence-electron chi connectivity index (χ0n) is 16.4. The van der Waals surface area contributed by atoms with E-state index in [2.05, 4.69) is 5.32 Å². The van der Waals surface area contributed by atoms with Crippen LogP contribution in [0.4, 0.5) is 11.4 Å². The molecular weight excluding hydrogens is 443 g/mol. The van der Waals surface area contributed by atoms with Crippen LogP contribution in [0, 0.1) is 13.8 Å². The number of amides is 1. The molecule has 0 aliphatic heterocycles. The summed E-state index contributed by atoms with van der Waals surface area (Å²) in [6, 6.07) is 18.1. The maximum Gasteiger partial charge on any atom is 0.264 e. The second-order valence-corrected chi connectivity index (χ2v) is 9.49. The number of hydrogen-bond donors (Lipinski definition) is 1. The summed E-state index contributed by atoms with van der Waals surface area (Å²) in [6.45, 7) is 3.18. The van der Waals surface area contributed by atoms with Crippen molar-refractivity contribution in [3.8, 4) is 0 Å². The predicted octanol–water partition coefficient (Wildman–Crippen LogP) is 5.44. The number of sulfonamides is 1. The van der Waals surface area contributed by atoms with Crippen molar-refractivity contribution in [1.82, 2.24) is 0 Å². The van der Waals surface area contributed by atoms with Crippen LogP contribution in [0.1, 0.15) is 11.1 Å². The molecule has 0 unspecified atom stereocenters. The molecule has 0 saturated carbocycles. The molecule has 0 radical (unpaired) electrons. The Labute approximate surface area is 186 Å². The summed E-state index contributed by atoms with van der Waals surface area (Å²) in [6.07, 6.45) is 0. The van der Waals surface area contributed by atoms with E-state index in [1.54, 1.807) is 55.5 Å². The summed E-state index contributed by atoms with van der Waals surface area (Å²) in [7, 11) is -4.03. The predicted molar refractivity (Wildman–Crippen MR) is 122 cm³/mol. The summed E-state index contributed by atoms with van der Waals surface area (Å²) < 4.78 is 27.9. The molecule has 0 aliphatic carbocycles. The number of nitrogens with one attached hydrogen (secondary N) is 1. The molecule has 0 aliphatic rings. The average Bonchev–Trinajstić information content (AvgIpc) is 2.70. The number of anilines is 2. The number of carbonyl (C=O) groups is 1. The molecule has 156 valence electrons. The molecule has 1 amide bonds. The Morgan fingerprint density at radius 3 is 2.30 bits per heavy atom. The van der Waals surface area contributed by atoms with Crippen LogP contribution in [-0.2, 0) is 14.8 Å². The SMILES string of the molecule is Cc1ccc(S(=O)(=O)N(CC(=O)Nc2ccccc2Cl)c2cc(Cl)ccc2C)cc1. The number of aryl methyl sites for hydroxylation is 2. The highest BCUT2D eigenvalue weighted by molar-refractivity contribution is 7.92. The van der Waals surface area contributed by atoms with Crippen LogP contribution in [0.25, 0.3) is 0 Å². The zero-order valence-corrected chi connectivity index (χ0v) is 18.7. The van der Waals surface area contributed by atoms with Crippen molar-refractivity contribution in [3.63, 3.8) is 0 Å². The lowest BCUT2D eigenvalue weighted by atomic mass is 10.2. The van der Waals surface area contributed by atoms with Gasteiger partial charge in [0.1, 0.15) is 6.54 Å². The Morgan fingerprint density at radius 1 is 0.967 bits per heavy atom. The van der Waals surface area contributed by atoms with Crippen LogP contribution in [0.5, 0.6) is 0 Å². The van der Waals surface area contributed by atoms with Gasteiger partial charge in [0.2, 0.25) is 5.91 Å². The fourth-order valence-corrected chi connectivity index (χ4v) is 4.70. The first-order chi connectivity index (χ1) is 14.2. The monoisotopic (exact) mass is 462 g/mol. The van der Waals surface area contributed by atoms with Gasteiger partial charge in [0.25, 0.3) is 10.0 Å². The third-order valence-electron chi connectivity index (χ3n) is 4.48. The van der Waals surface area contributed by atoms with Gasteiger partial charge in [0.15, 0.2) is 0 Å². The Hall–Kier alpha value is -2.54. The fourth-order valence-electron chi connectivity index (χ4n) is 2.87. The number of hydrogen-bond acceptors (Lipinski definition) is 3. The molecule has 5 nitrogen and oxygen atoms in total. The van der Waals surface area contributed by atoms with Crippen LogP contribution in [0.15, 0.2) is 71.6 Å². The highest BCUT2D eigenvalue weighted by Crippen LogP contribution is 2.30. The minimum Gasteiger partial charge on any atom is -0.323 e. The summed E-state index contributed by atoms with van der Waals surface area (Å²) >= 11 is 12.2. The minimum atomic E-state index is -4.03. The first-order valence-corrected chi connectivity index (χ1v) is 11.3. The third kappa shape index (κ3) is 4.95. The number of halogens is 2. The molecule has 0 aromatic heterocycles. The Bertz CT molecular complexity index is 1180. The quantitative estimate of drug-likeness (QED) is 0.529. The van der Waals surface area contributed by atoms with E-state index in [0.29, 0.717) is 27.0 Å². The number of rotatable bonds is 6. The van der Waals surface area contributed by atoms with E-state index in [9.17, 15) is 13.2 Å². The molecule has 0 spiro atoms. The second-order valence-electron chi connectivity index (χ2n) is 6.78. The van der Waals surface area contributed by atoms with Crippen molar-refractivity contribution in [2.24, 2.45) is 0 Å². The van der Waals surface area contributed by atoms with E-state index in [-0.39, 0.29) is 4.90 Å². The highest BCUT2D eigenvalue weighted by atomic mass is 35.5. The average molecular weight is 463 g/mol. The van der Waals surface area contributed by atoms with Gasteiger partial charge in [-0.3, -0.25) is 9.10 Å². The van der Waals surface area contributed by atoms with E-state index in [4.69, 9.17) is 23.2 Å². The number of carbonyl (C=O) groups excluding carboxylic acids is 1. The third-order valence-corrected chi connectivity index (χ3v) is 6.82. The maximum atomic E-state index is 13.4. The normalized spacial score (nSPS) is 11.2. The van der Waals surface area contributed by atoms with Crippen molar-refractivity contribution in [2.75, 3.05) is 16.2 Å². The van der Waals surface area contributed by atoms with Gasteiger partial charge < -0.3 is 5.32 Å². The fraction of sp³-hybridized carbons (Fsp3) is 0.136. The molecule has 3 rings (SSSR count). The van der Waals surface area contributed by atoms with Gasteiger partial charge in [-0.15, -0.1) is 0 Å². The Kier molecular flexibility index (Phi) is 6.71. The molecule has 3 aromatic carbocycles. The molecule has 8 heteroatoms. The lowest BCUT2D eigenvalue weighted by Crippen LogP contribution is -2.38.